The first-order valence-corrected chi connectivity index (χ1v) is 8.80. The second kappa shape index (κ2) is 7.39. The Labute approximate surface area is 147 Å². The van der Waals surface area contributed by atoms with Crippen molar-refractivity contribution >= 4 is 29.1 Å². The quantitative estimate of drug-likeness (QED) is 0.812. The third-order valence-corrected chi connectivity index (χ3v) is 5.69. The fraction of sp³-hybridized carbons (Fsp3) is 0.588. The van der Waals surface area contributed by atoms with Crippen molar-refractivity contribution < 1.29 is 9.53 Å². The third kappa shape index (κ3) is 3.66. The zero-order valence-electron chi connectivity index (χ0n) is 13.3. The molecule has 3 heterocycles. The summed E-state index contributed by atoms with van der Waals surface area (Å²) in [4.78, 5) is 17.0. The van der Waals surface area contributed by atoms with Gasteiger partial charge in [0.05, 0.1) is 22.6 Å². The molecule has 2 atom stereocenters. The lowest BCUT2D eigenvalue weighted by atomic mass is 9.94. The highest BCUT2D eigenvalue weighted by molar-refractivity contribution is 6.42. The van der Waals surface area contributed by atoms with Crippen molar-refractivity contribution in [3.8, 4) is 0 Å². The highest BCUT2D eigenvalue weighted by Gasteiger charge is 2.40. The van der Waals surface area contributed by atoms with E-state index in [0.717, 1.165) is 38.0 Å². The van der Waals surface area contributed by atoms with Gasteiger partial charge in [-0.25, -0.2) is 0 Å². The van der Waals surface area contributed by atoms with Gasteiger partial charge in [-0.1, -0.05) is 35.3 Å². The normalized spacial score (nSPS) is 25.0. The minimum atomic E-state index is 0.0866. The number of carbonyl (C=O) groups is 1. The summed E-state index contributed by atoms with van der Waals surface area (Å²) in [5, 5.41) is 1.20. The second-order valence-electron chi connectivity index (χ2n) is 6.36. The Bertz CT molecular complexity index is 582. The van der Waals surface area contributed by atoms with E-state index in [1.54, 1.807) is 13.2 Å². The van der Waals surface area contributed by atoms with Crippen LogP contribution < -0.4 is 0 Å². The minimum Gasteiger partial charge on any atom is -0.383 e. The molecular weight excluding hydrogens is 335 g/mol. The van der Waals surface area contributed by atoms with Gasteiger partial charge in [0.1, 0.15) is 0 Å². The number of amides is 1. The fourth-order valence-electron chi connectivity index (χ4n) is 3.65. The number of hydrogen-bond donors (Lipinski definition) is 0. The lowest BCUT2D eigenvalue weighted by Gasteiger charge is -2.35. The molecule has 1 aromatic rings. The van der Waals surface area contributed by atoms with Gasteiger partial charge in [0.2, 0.25) is 5.91 Å². The predicted octanol–water partition coefficient (Wildman–Crippen LogP) is 3.06. The van der Waals surface area contributed by atoms with Gasteiger partial charge in [-0.05, 0) is 24.5 Å². The maximum Gasteiger partial charge on any atom is 0.227 e. The van der Waals surface area contributed by atoms with Crippen LogP contribution in [0.4, 0.5) is 0 Å². The number of nitrogens with zero attached hydrogens (tertiary/aromatic N) is 2. The van der Waals surface area contributed by atoms with Crippen molar-refractivity contribution in [3.05, 3.63) is 33.8 Å². The second-order valence-corrected chi connectivity index (χ2v) is 7.14. The van der Waals surface area contributed by atoms with Gasteiger partial charge in [-0.2, -0.15) is 0 Å². The van der Waals surface area contributed by atoms with E-state index in [1.807, 2.05) is 17.0 Å². The molecule has 0 aliphatic carbocycles. The molecule has 23 heavy (non-hydrogen) atoms. The van der Waals surface area contributed by atoms with Crippen LogP contribution in [-0.4, -0.2) is 55.1 Å². The van der Waals surface area contributed by atoms with Gasteiger partial charge in [0.25, 0.3) is 0 Å². The molecule has 3 fully saturated rings. The van der Waals surface area contributed by atoms with Gasteiger partial charge in [0.15, 0.2) is 0 Å². The van der Waals surface area contributed by atoms with Crippen LogP contribution in [0.1, 0.15) is 18.4 Å². The standard InChI is InChI=1S/C17H22Cl2N2O2/c1-23-8-7-21-14-6-5-13(17(21)22)10-20(11-14)9-12-3-2-4-15(18)16(12)19/h2-4,13-14H,5-11H2,1H3/t13-,14+/m0/s1. The van der Waals surface area contributed by atoms with Gasteiger partial charge in [-0.15, -0.1) is 0 Å². The molecule has 2 bridgehead atoms. The van der Waals surface area contributed by atoms with Gasteiger partial charge in [0, 0.05) is 39.3 Å². The van der Waals surface area contributed by atoms with E-state index in [1.165, 1.54) is 0 Å². The number of piperidine rings is 1. The minimum absolute atomic E-state index is 0.0866. The van der Waals surface area contributed by atoms with Gasteiger partial charge < -0.3 is 9.64 Å². The lowest BCUT2D eigenvalue weighted by Crippen LogP contribution is -2.49. The summed E-state index contributed by atoms with van der Waals surface area (Å²) in [5.41, 5.74) is 1.02. The van der Waals surface area contributed by atoms with Crippen molar-refractivity contribution in [3.63, 3.8) is 0 Å². The number of carbonyl (C=O) groups excluding carboxylic acids is 1. The third-order valence-electron chi connectivity index (χ3n) is 4.83. The summed E-state index contributed by atoms with van der Waals surface area (Å²) in [6, 6.07) is 6.00. The zero-order chi connectivity index (χ0) is 16.4. The zero-order valence-corrected chi connectivity index (χ0v) is 14.8. The highest BCUT2D eigenvalue weighted by atomic mass is 35.5. The van der Waals surface area contributed by atoms with Crippen LogP contribution in [0.15, 0.2) is 18.2 Å². The number of hydrogen-bond acceptors (Lipinski definition) is 3. The highest BCUT2D eigenvalue weighted by Crippen LogP contribution is 2.32. The number of rotatable bonds is 5. The largest absolute Gasteiger partial charge is 0.383 e. The number of benzene rings is 1. The van der Waals surface area contributed by atoms with Crippen LogP contribution in [0.5, 0.6) is 0 Å². The SMILES string of the molecule is COCCN1C(=O)[C@H]2CC[C@@H]1CN(Cc1cccc(Cl)c1Cl)C2. The summed E-state index contributed by atoms with van der Waals surface area (Å²) in [6.07, 6.45) is 2.05. The summed E-state index contributed by atoms with van der Waals surface area (Å²) in [7, 11) is 1.67. The average Bonchev–Trinajstić information content (AvgIpc) is 2.80. The molecule has 0 radical (unpaired) electrons. The van der Waals surface area contributed by atoms with E-state index in [9.17, 15) is 4.79 Å². The van der Waals surface area contributed by atoms with E-state index < -0.39 is 0 Å². The monoisotopic (exact) mass is 356 g/mol. The maximum atomic E-state index is 12.6. The average molecular weight is 357 g/mol. The van der Waals surface area contributed by atoms with Crippen LogP contribution in [0, 0.1) is 5.92 Å². The van der Waals surface area contributed by atoms with E-state index in [2.05, 4.69) is 4.90 Å². The van der Waals surface area contributed by atoms with Crippen LogP contribution in [-0.2, 0) is 16.1 Å². The smallest absolute Gasteiger partial charge is 0.227 e. The fourth-order valence-corrected chi connectivity index (χ4v) is 4.03. The maximum absolute atomic E-state index is 12.6. The van der Waals surface area contributed by atoms with E-state index >= 15 is 0 Å². The topological polar surface area (TPSA) is 32.8 Å². The first-order valence-electron chi connectivity index (χ1n) is 8.04. The first-order chi connectivity index (χ1) is 11.1. The molecule has 0 unspecified atom stereocenters. The summed E-state index contributed by atoms with van der Waals surface area (Å²) < 4.78 is 5.15. The Morgan fingerprint density at radius 3 is 2.87 bits per heavy atom. The van der Waals surface area contributed by atoms with E-state index in [4.69, 9.17) is 27.9 Å². The molecule has 6 heteroatoms. The molecular formula is C17H22Cl2N2O2. The predicted molar refractivity (Wildman–Crippen MR) is 91.8 cm³/mol. The van der Waals surface area contributed by atoms with Gasteiger partial charge >= 0.3 is 0 Å². The molecule has 3 aliphatic heterocycles. The molecule has 0 N–H and O–H groups in total. The summed E-state index contributed by atoms with van der Waals surface area (Å²) in [6.45, 7) is 3.69. The molecule has 1 amide bonds. The van der Waals surface area contributed by atoms with Crippen LogP contribution in [0.2, 0.25) is 10.0 Å². The molecule has 3 saturated heterocycles. The van der Waals surface area contributed by atoms with Crippen LogP contribution >= 0.6 is 23.2 Å². The molecule has 4 rings (SSSR count). The number of ether oxygens (including phenoxy) is 1. The number of halogens is 2. The van der Waals surface area contributed by atoms with Crippen LogP contribution in [0.25, 0.3) is 0 Å². The van der Waals surface area contributed by atoms with Crippen LogP contribution in [0.3, 0.4) is 0 Å². The summed E-state index contributed by atoms with van der Waals surface area (Å²) >= 11 is 12.4. The molecule has 4 nitrogen and oxygen atoms in total. The molecule has 0 aromatic heterocycles. The molecule has 0 saturated carbocycles. The first kappa shape index (κ1) is 17.0. The lowest BCUT2D eigenvalue weighted by molar-refractivity contribution is -0.140. The van der Waals surface area contributed by atoms with E-state index in [0.29, 0.717) is 23.2 Å². The Kier molecular flexibility index (Phi) is 5.47. The molecule has 3 aliphatic rings. The Hall–Kier alpha value is -0.810. The Morgan fingerprint density at radius 1 is 1.26 bits per heavy atom. The number of fused-ring (bicyclic) bond motifs is 4. The molecule has 0 spiro atoms. The number of methoxy groups -OCH3 is 1. The summed E-state index contributed by atoms with van der Waals surface area (Å²) in [5.74, 6) is 0.363. The molecule has 1 aromatic carbocycles. The van der Waals surface area contributed by atoms with Gasteiger partial charge in [-0.3, -0.25) is 9.69 Å². The molecule has 126 valence electrons. The van der Waals surface area contributed by atoms with Crippen molar-refractivity contribution in [2.45, 2.75) is 25.4 Å². The van der Waals surface area contributed by atoms with Crippen molar-refractivity contribution in [2.75, 3.05) is 33.4 Å². The van der Waals surface area contributed by atoms with Crippen molar-refractivity contribution in [1.29, 1.82) is 0 Å². The Balaban J connectivity index is 1.74. The van der Waals surface area contributed by atoms with Crippen molar-refractivity contribution in [2.24, 2.45) is 5.92 Å². The Morgan fingerprint density at radius 2 is 2.09 bits per heavy atom. The van der Waals surface area contributed by atoms with E-state index in [-0.39, 0.29) is 17.9 Å². The van der Waals surface area contributed by atoms with Crippen molar-refractivity contribution in [1.82, 2.24) is 9.80 Å².